The van der Waals surface area contributed by atoms with Gasteiger partial charge in [-0.3, -0.25) is 0 Å². The van der Waals surface area contributed by atoms with Crippen molar-refractivity contribution in [2.24, 2.45) is 16.7 Å². The second-order valence-corrected chi connectivity index (χ2v) is 10.3. The first-order valence-electron chi connectivity index (χ1n) is 11.5. The molecule has 0 heterocycles. The van der Waals surface area contributed by atoms with Crippen LogP contribution in [0.5, 0.6) is 23.0 Å². The number of phenolic OH excluding ortho intramolecular Hbond substituents is 2. The molecule has 4 nitrogen and oxygen atoms in total. The summed E-state index contributed by atoms with van der Waals surface area (Å²) in [6, 6.07) is 10.7. The maximum atomic E-state index is 9.80. The molecular weight excluding hydrogens is 412 g/mol. The summed E-state index contributed by atoms with van der Waals surface area (Å²) in [7, 11) is 3.11. The number of hydrogen-bond donors (Lipinski definition) is 2. The van der Waals surface area contributed by atoms with Crippen molar-refractivity contribution < 1.29 is 19.7 Å². The topological polar surface area (TPSA) is 58.9 Å². The summed E-state index contributed by atoms with van der Waals surface area (Å²) >= 11 is 0. The smallest absolute Gasteiger partial charge is 0.161 e. The van der Waals surface area contributed by atoms with Gasteiger partial charge in [-0.05, 0) is 90.0 Å². The van der Waals surface area contributed by atoms with Gasteiger partial charge in [-0.25, -0.2) is 0 Å². The van der Waals surface area contributed by atoms with E-state index in [1.54, 1.807) is 26.4 Å². The van der Waals surface area contributed by atoms with Gasteiger partial charge in [0.2, 0.25) is 0 Å². The maximum absolute atomic E-state index is 9.80. The zero-order valence-electron chi connectivity index (χ0n) is 20.4. The van der Waals surface area contributed by atoms with Crippen LogP contribution in [-0.4, -0.2) is 24.4 Å². The molecule has 2 aromatic carbocycles. The number of benzene rings is 2. The molecule has 2 unspecified atom stereocenters. The quantitative estimate of drug-likeness (QED) is 0.439. The first kappa shape index (κ1) is 24.5. The zero-order valence-corrected chi connectivity index (χ0v) is 20.4. The Kier molecular flexibility index (Phi) is 7.61. The van der Waals surface area contributed by atoms with E-state index in [1.165, 1.54) is 6.42 Å². The molecule has 0 aromatic heterocycles. The summed E-state index contributed by atoms with van der Waals surface area (Å²) in [4.78, 5) is 0. The first-order valence-corrected chi connectivity index (χ1v) is 11.5. The second-order valence-electron chi connectivity index (χ2n) is 10.3. The van der Waals surface area contributed by atoms with Crippen LogP contribution >= 0.6 is 0 Å². The summed E-state index contributed by atoms with van der Waals surface area (Å²) in [6.45, 7) is 7.09. The molecule has 33 heavy (non-hydrogen) atoms. The number of phenols is 2. The van der Waals surface area contributed by atoms with E-state index in [4.69, 9.17) is 9.47 Å². The van der Waals surface area contributed by atoms with Crippen LogP contribution in [0.1, 0.15) is 57.6 Å². The summed E-state index contributed by atoms with van der Waals surface area (Å²) in [5.41, 5.74) is 5.80. The average molecular weight is 449 g/mol. The third-order valence-electron chi connectivity index (χ3n) is 6.39. The number of methoxy groups -OCH3 is 2. The van der Waals surface area contributed by atoms with Gasteiger partial charge in [-0.15, -0.1) is 5.73 Å². The minimum Gasteiger partial charge on any atom is -0.504 e. The van der Waals surface area contributed by atoms with Gasteiger partial charge in [0.15, 0.2) is 23.0 Å². The van der Waals surface area contributed by atoms with Crippen LogP contribution in [0, 0.1) is 16.7 Å². The van der Waals surface area contributed by atoms with Crippen LogP contribution in [0.2, 0.25) is 0 Å². The molecule has 2 N–H and O–H groups in total. The highest BCUT2D eigenvalue weighted by atomic mass is 16.5. The average Bonchev–Trinajstić information content (AvgIpc) is 2.74. The molecule has 0 radical (unpaired) electrons. The standard InChI is InChI=1S/C29H36O4/c1-28(2)18-23(9-6-8-21-11-13-24(30)26(16-21)32-4)19-29(3,20-28)15-7-10-22-12-14-25(31)27(17-22)33-5/h7-14,16-17,23,30-31H,15,18-20H2,1-5H3/b10-7-. The summed E-state index contributed by atoms with van der Waals surface area (Å²) < 4.78 is 10.4. The van der Waals surface area contributed by atoms with Crippen LogP contribution in [0.3, 0.4) is 0 Å². The lowest BCUT2D eigenvalue weighted by Crippen LogP contribution is -2.34. The predicted molar refractivity (Wildman–Crippen MR) is 135 cm³/mol. The van der Waals surface area contributed by atoms with E-state index >= 15 is 0 Å². The lowest BCUT2D eigenvalue weighted by atomic mass is 9.59. The Morgan fingerprint density at radius 1 is 0.939 bits per heavy atom. The van der Waals surface area contributed by atoms with E-state index in [9.17, 15) is 10.2 Å². The number of allylic oxidation sites excluding steroid dienone is 2. The molecule has 0 spiro atoms. The minimum atomic E-state index is 0.141. The van der Waals surface area contributed by atoms with Crippen molar-refractivity contribution >= 4 is 12.2 Å². The minimum absolute atomic E-state index is 0.141. The van der Waals surface area contributed by atoms with Crippen LogP contribution in [0.25, 0.3) is 12.2 Å². The van der Waals surface area contributed by atoms with Gasteiger partial charge in [0, 0.05) is 0 Å². The van der Waals surface area contributed by atoms with Crippen LogP contribution < -0.4 is 9.47 Å². The Hall–Kier alpha value is -3.10. The van der Waals surface area contributed by atoms with Crippen LogP contribution in [-0.2, 0) is 0 Å². The number of rotatable bonds is 7. The molecule has 4 heteroatoms. The molecule has 0 bridgehead atoms. The lowest BCUT2D eigenvalue weighted by Gasteiger charge is -2.45. The number of ether oxygens (including phenoxy) is 2. The molecule has 0 aliphatic heterocycles. The Morgan fingerprint density at radius 2 is 1.55 bits per heavy atom. The Balaban J connectivity index is 1.71. The van der Waals surface area contributed by atoms with Gasteiger partial charge in [-0.2, -0.15) is 0 Å². The molecule has 0 saturated heterocycles. The van der Waals surface area contributed by atoms with Gasteiger partial charge in [0.1, 0.15) is 0 Å². The van der Waals surface area contributed by atoms with Crippen LogP contribution in [0.15, 0.2) is 54.3 Å². The Labute approximate surface area is 197 Å². The largest absolute Gasteiger partial charge is 0.504 e. The van der Waals surface area contributed by atoms with Crippen molar-refractivity contribution in [2.45, 2.75) is 46.5 Å². The molecule has 1 aliphatic rings. The van der Waals surface area contributed by atoms with Crippen molar-refractivity contribution in [1.29, 1.82) is 0 Å². The van der Waals surface area contributed by atoms with E-state index in [2.05, 4.69) is 44.7 Å². The van der Waals surface area contributed by atoms with Gasteiger partial charge in [-0.1, -0.05) is 45.1 Å². The Morgan fingerprint density at radius 3 is 2.18 bits per heavy atom. The molecule has 2 aromatic rings. The second kappa shape index (κ2) is 10.2. The fourth-order valence-corrected chi connectivity index (χ4v) is 5.33. The predicted octanol–water partition coefficient (Wildman–Crippen LogP) is 7.22. The van der Waals surface area contributed by atoms with Crippen molar-refractivity contribution in [3.8, 4) is 23.0 Å². The third kappa shape index (κ3) is 6.69. The van der Waals surface area contributed by atoms with Gasteiger partial charge >= 0.3 is 0 Å². The maximum Gasteiger partial charge on any atom is 0.161 e. The van der Waals surface area contributed by atoms with E-state index in [0.717, 1.165) is 30.4 Å². The molecule has 0 amide bonds. The SMILES string of the molecule is COc1cc(C=C=CC2CC(C)(C)CC(C)(C/C=C\c3ccc(O)c(OC)c3)C2)ccc1O. The normalized spacial score (nSPS) is 21.9. The van der Waals surface area contributed by atoms with Crippen molar-refractivity contribution in [2.75, 3.05) is 14.2 Å². The van der Waals surface area contributed by atoms with E-state index in [-0.39, 0.29) is 22.3 Å². The molecule has 1 aliphatic carbocycles. The van der Waals surface area contributed by atoms with Gasteiger partial charge < -0.3 is 19.7 Å². The monoisotopic (exact) mass is 448 g/mol. The van der Waals surface area contributed by atoms with Crippen molar-refractivity contribution in [3.05, 3.63) is 65.4 Å². The highest BCUT2D eigenvalue weighted by Gasteiger charge is 2.39. The van der Waals surface area contributed by atoms with E-state index in [0.29, 0.717) is 17.4 Å². The van der Waals surface area contributed by atoms with Crippen molar-refractivity contribution in [3.63, 3.8) is 0 Å². The highest BCUT2D eigenvalue weighted by molar-refractivity contribution is 5.56. The fourth-order valence-electron chi connectivity index (χ4n) is 5.33. The fraction of sp³-hybridized carbons (Fsp3) is 0.414. The Bertz CT molecular complexity index is 1060. The molecular formula is C29H36O4. The molecule has 2 atom stereocenters. The third-order valence-corrected chi connectivity index (χ3v) is 6.39. The van der Waals surface area contributed by atoms with Gasteiger partial charge in [0.25, 0.3) is 0 Å². The summed E-state index contributed by atoms with van der Waals surface area (Å²) in [5.74, 6) is 1.71. The number of hydrogen-bond acceptors (Lipinski definition) is 4. The summed E-state index contributed by atoms with van der Waals surface area (Å²) in [6.07, 6.45) is 12.9. The molecule has 3 rings (SSSR count). The van der Waals surface area contributed by atoms with Crippen molar-refractivity contribution in [1.82, 2.24) is 0 Å². The lowest BCUT2D eigenvalue weighted by molar-refractivity contribution is 0.0738. The highest BCUT2D eigenvalue weighted by Crippen LogP contribution is 2.51. The van der Waals surface area contributed by atoms with E-state index in [1.807, 2.05) is 30.3 Å². The molecule has 176 valence electrons. The van der Waals surface area contributed by atoms with Crippen LogP contribution in [0.4, 0.5) is 0 Å². The molecule has 1 fully saturated rings. The van der Waals surface area contributed by atoms with Gasteiger partial charge in [0.05, 0.1) is 14.2 Å². The van der Waals surface area contributed by atoms with E-state index < -0.39 is 0 Å². The zero-order chi connectivity index (χ0) is 24.1. The first-order chi connectivity index (χ1) is 15.6. The molecule has 1 saturated carbocycles. The summed E-state index contributed by atoms with van der Waals surface area (Å²) in [5, 5.41) is 19.6. The number of aromatic hydroxyl groups is 2.